The van der Waals surface area contributed by atoms with Gasteiger partial charge in [-0.05, 0) is 41.2 Å². The van der Waals surface area contributed by atoms with Gasteiger partial charge in [-0.2, -0.15) is 0 Å². The van der Waals surface area contributed by atoms with Crippen LogP contribution in [0.4, 0.5) is 0 Å². The first kappa shape index (κ1) is 11.9. The van der Waals surface area contributed by atoms with Crippen molar-refractivity contribution in [3.05, 3.63) is 0 Å². The molecule has 0 spiro atoms. The minimum Gasteiger partial charge on any atom is -0.368 e. The Kier molecular flexibility index (Phi) is 4.21. The van der Waals surface area contributed by atoms with Crippen LogP contribution in [0, 0.1) is 0 Å². The number of hydrogen-bond donors (Lipinski definition) is 1. The van der Waals surface area contributed by atoms with Gasteiger partial charge in [-0.1, -0.05) is 6.92 Å². The molecule has 0 radical (unpaired) electrons. The molecule has 0 aliphatic rings. The summed E-state index contributed by atoms with van der Waals surface area (Å²) in [6, 6.07) is 0. The first-order chi connectivity index (χ1) is 5.33. The van der Waals surface area contributed by atoms with Crippen LogP contribution in [0.5, 0.6) is 0 Å². The lowest BCUT2D eigenvalue weighted by Gasteiger charge is -2.36. The summed E-state index contributed by atoms with van der Waals surface area (Å²) in [6.07, 6.45) is 1.03. The Morgan fingerprint density at radius 2 is 1.67 bits per heavy atom. The molecule has 1 N–H and O–H groups in total. The van der Waals surface area contributed by atoms with Crippen molar-refractivity contribution >= 4 is 0 Å². The molecule has 1 atom stereocenters. The number of ether oxygens (including phenoxy) is 1. The number of nitrogens with one attached hydrogen (secondary N) is 1. The van der Waals surface area contributed by atoms with Gasteiger partial charge in [-0.25, -0.2) is 0 Å². The molecular formula is C10H23NO. The lowest BCUT2D eigenvalue weighted by Crippen LogP contribution is -2.43. The van der Waals surface area contributed by atoms with E-state index in [9.17, 15) is 0 Å². The maximum Gasteiger partial charge on any atom is 0.0782 e. The summed E-state index contributed by atoms with van der Waals surface area (Å²) in [5.41, 5.74) is -0.0887. The van der Waals surface area contributed by atoms with Gasteiger partial charge in [0.2, 0.25) is 0 Å². The SMILES string of the molecule is CCC(C)(CNC)OC(C)(C)C. The standard InChI is InChI=1S/C10H23NO/c1-7-10(5,8-11-6)12-9(2,3)4/h11H,7-8H2,1-6H3. The third-order valence-electron chi connectivity index (χ3n) is 1.85. The van der Waals surface area contributed by atoms with E-state index in [0.717, 1.165) is 13.0 Å². The monoisotopic (exact) mass is 173 g/mol. The number of hydrogen-bond acceptors (Lipinski definition) is 2. The lowest BCUT2D eigenvalue weighted by atomic mass is 10.0. The van der Waals surface area contributed by atoms with Crippen molar-refractivity contribution in [3.63, 3.8) is 0 Å². The second-order valence-electron chi connectivity index (χ2n) is 4.55. The second-order valence-corrected chi connectivity index (χ2v) is 4.55. The summed E-state index contributed by atoms with van der Waals surface area (Å²) in [5.74, 6) is 0. The van der Waals surface area contributed by atoms with Crippen LogP contribution < -0.4 is 5.32 Å². The van der Waals surface area contributed by atoms with E-state index >= 15 is 0 Å². The third kappa shape index (κ3) is 4.73. The minimum atomic E-state index is -0.0540. The molecule has 2 nitrogen and oxygen atoms in total. The first-order valence-electron chi connectivity index (χ1n) is 4.68. The van der Waals surface area contributed by atoms with Crippen LogP contribution in [0.25, 0.3) is 0 Å². The Hall–Kier alpha value is -0.0800. The summed E-state index contributed by atoms with van der Waals surface area (Å²) < 4.78 is 5.95. The first-order valence-corrected chi connectivity index (χ1v) is 4.68. The van der Waals surface area contributed by atoms with Crippen LogP contribution in [0.1, 0.15) is 41.0 Å². The highest BCUT2D eigenvalue weighted by molar-refractivity contribution is 4.79. The maximum absolute atomic E-state index is 5.95. The fourth-order valence-electron chi connectivity index (χ4n) is 1.35. The molecule has 0 aromatic heterocycles. The minimum absolute atomic E-state index is 0.0347. The highest BCUT2D eigenvalue weighted by Crippen LogP contribution is 2.22. The zero-order chi connectivity index (χ0) is 9.83. The van der Waals surface area contributed by atoms with E-state index in [4.69, 9.17) is 4.74 Å². The lowest BCUT2D eigenvalue weighted by molar-refractivity contribution is -0.121. The van der Waals surface area contributed by atoms with Crippen molar-refractivity contribution in [2.75, 3.05) is 13.6 Å². The van der Waals surface area contributed by atoms with E-state index in [-0.39, 0.29) is 11.2 Å². The van der Waals surface area contributed by atoms with E-state index in [0.29, 0.717) is 0 Å². The Balaban J connectivity index is 4.14. The van der Waals surface area contributed by atoms with Crippen LogP contribution in [0.15, 0.2) is 0 Å². The molecule has 0 saturated carbocycles. The van der Waals surface area contributed by atoms with E-state index in [1.54, 1.807) is 0 Å². The summed E-state index contributed by atoms with van der Waals surface area (Å²) in [5, 5.41) is 3.16. The highest BCUT2D eigenvalue weighted by atomic mass is 16.5. The molecule has 12 heavy (non-hydrogen) atoms. The van der Waals surface area contributed by atoms with Crippen molar-refractivity contribution < 1.29 is 4.74 Å². The van der Waals surface area contributed by atoms with Gasteiger partial charge in [0.05, 0.1) is 11.2 Å². The molecule has 0 aliphatic heterocycles. The summed E-state index contributed by atoms with van der Waals surface area (Å²) in [6.45, 7) is 11.5. The van der Waals surface area contributed by atoms with Crippen LogP contribution in [0.2, 0.25) is 0 Å². The fraction of sp³-hybridized carbons (Fsp3) is 1.00. The smallest absolute Gasteiger partial charge is 0.0782 e. The molecule has 0 fully saturated rings. The number of likely N-dealkylation sites (N-methyl/N-ethyl adjacent to an activating group) is 1. The normalized spacial score (nSPS) is 17.5. The van der Waals surface area contributed by atoms with Crippen LogP contribution in [-0.2, 0) is 4.74 Å². The van der Waals surface area contributed by atoms with E-state index in [1.165, 1.54) is 0 Å². The van der Waals surface area contributed by atoms with E-state index in [2.05, 4.69) is 39.9 Å². The predicted molar refractivity (Wildman–Crippen MR) is 53.5 cm³/mol. The quantitative estimate of drug-likeness (QED) is 0.703. The molecule has 1 unspecified atom stereocenters. The zero-order valence-corrected chi connectivity index (χ0v) is 9.32. The Morgan fingerprint density at radius 3 is 1.92 bits per heavy atom. The second kappa shape index (κ2) is 4.24. The van der Waals surface area contributed by atoms with Crippen molar-refractivity contribution in [3.8, 4) is 0 Å². The Morgan fingerprint density at radius 1 is 1.17 bits per heavy atom. The van der Waals surface area contributed by atoms with Crippen molar-refractivity contribution in [2.45, 2.75) is 52.2 Å². The summed E-state index contributed by atoms with van der Waals surface area (Å²) >= 11 is 0. The van der Waals surface area contributed by atoms with Crippen molar-refractivity contribution in [1.29, 1.82) is 0 Å². The molecule has 0 rings (SSSR count). The predicted octanol–water partition coefficient (Wildman–Crippen LogP) is 2.19. The molecule has 0 aliphatic carbocycles. The Bertz CT molecular complexity index is 128. The van der Waals surface area contributed by atoms with Crippen molar-refractivity contribution in [2.24, 2.45) is 0 Å². The summed E-state index contributed by atoms with van der Waals surface area (Å²) in [7, 11) is 1.96. The van der Waals surface area contributed by atoms with Gasteiger partial charge >= 0.3 is 0 Å². The van der Waals surface area contributed by atoms with Gasteiger partial charge in [-0.15, -0.1) is 0 Å². The molecule has 0 bridgehead atoms. The Labute approximate surface area is 76.7 Å². The zero-order valence-electron chi connectivity index (χ0n) is 9.32. The highest BCUT2D eigenvalue weighted by Gasteiger charge is 2.27. The van der Waals surface area contributed by atoms with Gasteiger partial charge in [0.1, 0.15) is 0 Å². The molecule has 0 aromatic rings. The van der Waals surface area contributed by atoms with Gasteiger partial charge in [-0.3, -0.25) is 0 Å². The molecule has 74 valence electrons. The fourth-order valence-corrected chi connectivity index (χ4v) is 1.35. The average molecular weight is 173 g/mol. The topological polar surface area (TPSA) is 21.3 Å². The maximum atomic E-state index is 5.95. The van der Waals surface area contributed by atoms with Gasteiger partial charge in [0.15, 0.2) is 0 Å². The molecule has 0 amide bonds. The molecule has 0 aromatic carbocycles. The van der Waals surface area contributed by atoms with Crippen LogP contribution in [-0.4, -0.2) is 24.8 Å². The van der Waals surface area contributed by atoms with E-state index in [1.807, 2.05) is 7.05 Å². The van der Waals surface area contributed by atoms with Crippen molar-refractivity contribution in [1.82, 2.24) is 5.32 Å². The summed E-state index contributed by atoms with van der Waals surface area (Å²) in [4.78, 5) is 0. The van der Waals surface area contributed by atoms with Crippen LogP contribution >= 0.6 is 0 Å². The van der Waals surface area contributed by atoms with Gasteiger partial charge in [0, 0.05) is 6.54 Å². The molecular weight excluding hydrogens is 150 g/mol. The average Bonchev–Trinajstić information content (AvgIpc) is 1.84. The van der Waals surface area contributed by atoms with Crippen LogP contribution in [0.3, 0.4) is 0 Å². The molecule has 2 heteroatoms. The van der Waals surface area contributed by atoms with E-state index < -0.39 is 0 Å². The number of rotatable bonds is 4. The third-order valence-corrected chi connectivity index (χ3v) is 1.85. The van der Waals surface area contributed by atoms with Gasteiger partial charge in [0.25, 0.3) is 0 Å². The largest absolute Gasteiger partial charge is 0.368 e. The van der Waals surface area contributed by atoms with Gasteiger partial charge < -0.3 is 10.1 Å². The molecule has 0 saturated heterocycles. The molecule has 0 heterocycles.